The Morgan fingerprint density at radius 2 is 1.93 bits per heavy atom. The first-order valence-electron chi connectivity index (χ1n) is 10.1. The van der Waals surface area contributed by atoms with Gasteiger partial charge >= 0.3 is 0 Å². The van der Waals surface area contributed by atoms with Crippen LogP contribution in [0.2, 0.25) is 0 Å². The SMILES string of the molecule is C=CCN1CCC2(CC1)CN(C(=O)c1cccc(F)c1F)c1c(C)cc(C)cc12. The van der Waals surface area contributed by atoms with Gasteiger partial charge in [-0.3, -0.25) is 9.69 Å². The van der Waals surface area contributed by atoms with Crippen LogP contribution in [0.5, 0.6) is 0 Å². The van der Waals surface area contributed by atoms with Gasteiger partial charge in [0.05, 0.1) is 11.3 Å². The summed E-state index contributed by atoms with van der Waals surface area (Å²) < 4.78 is 28.1. The lowest BCUT2D eigenvalue weighted by Gasteiger charge is -2.39. The smallest absolute Gasteiger partial charge is 0.261 e. The first-order valence-corrected chi connectivity index (χ1v) is 10.1. The molecule has 0 bridgehead atoms. The largest absolute Gasteiger partial charge is 0.307 e. The van der Waals surface area contributed by atoms with Crippen LogP contribution in [0.1, 0.15) is 39.9 Å². The predicted molar refractivity (Wildman–Crippen MR) is 111 cm³/mol. The lowest BCUT2D eigenvalue weighted by molar-refractivity contribution is 0.0972. The summed E-state index contributed by atoms with van der Waals surface area (Å²) in [6.45, 7) is 11.1. The normalized spacial score (nSPS) is 18.1. The highest BCUT2D eigenvalue weighted by molar-refractivity contribution is 6.08. The van der Waals surface area contributed by atoms with E-state index >= 15 is 0 Å². The van der Waals surface area contributed by atoms with E-state index in [9.17, 15) is 13.6 Å². The number of halogens is 2. The van der Waals surface area contributed by atoms with Gasteiger partial charge in [0.1, 0.15) is 0 Å². The van der Waals surface area contributed by atoms with Crippen LogP contribution in [0, 0.1) is 25.5 Å². The molecule has 5 heteroatoms. The van der Waals surface area contributed by atoms with E-state index < -0.39 is 17.5 Å². The molecule has 1 spiro atoms. The molecule has 3 nitrogen and oxygen atoms in total. The number of piperidine rings is 1. The van der Waals surface area contributed by atoms with Gasteiger partial charge in [-0.15, -0.1) is 6.58 Å². The predicted octanol–water partition coefficient (Wildman–Crippen LogP) is 4.76. The van der Waals surface area contributed by atoms with Crippen molar-refractivity contribution in [2.24, 2.45) is 0 Å². The zero-order chi connectivity index (χ0) is 20.8. The maximum atomic E-state index is 14.4. The standard InChI is InChI=1S/C24H26F2N2O/c1-4-10-27-11-8-24(9-12-27)15-28(22-17(3)13-16(2)14-19(22)24)23(29)18-6-5-7-20(25)21(18)26/h4-7,13-14H,1,8-12,15H2,2-3H3. The molecule has 0 N–H and O–H groups in total. The number of fused-ring (bicyclic) bond motifs is 2. The quantitative estimate of drug-likeness (QED) is 0.699. The molecule has 0 unspecified atom stereocenters. The molecular weight excluding hydrogens is 370 g/mol. The van der Waals surface area contributed by atoms with Crippen molar-refractivity contribution in [2.45, 2.75) is 32.1 Å². The minimum absolute atomic E-state index is 0.150. The van der Waals surface area contributed by atoms with Gasteiger partial charge in [0.15, 0.2) is 11.6 Å². The van der Waals surface area contributed by atoms with Gasteiger partial charge < -0.3 is 4.90 Å². The van der Waals surface area contributed by atoms with Crippen molar-refractivity contribution < 1.29 is 13.6 Å². The molecule has 0 aliphatic carbocycles. The Bertz CT molecular complexity index is 977. The average molecular weight is 396 g/mol. The molecule has 0 atom stereocenters. The third-order valence-electron chi connectivity index (χ3n) is 6.37. The van der Waals surface area contributed by atoms with E-state index in [4.69, 9.17) is 0 Å². The fourth-order valence-electron chi connectivity index (χ4n) is 4.95. The number of amides is 1. The summed E-state index contributed by atoms with van der Waals surface area (Å²) in [5, 5.41) is 0. The fourth-order valence-corrected chi connectivity index (χ4v) is 4.95. The summed E-state index contributed by atoms with van der Waals surface area (Å²) in [6.07, 6.45) is 3.76. The van der Waals surface area contributed by atoms with Crippen LogP contribution in [0.4, 0.5) is 14.5 Å². The molecule has 0 aromatic heterocycles. The first-order chi connectivity index (χ1) is 13.9. The second kappa shape index (κ2) is 7.38. The van der Waals surface area contributed by atoms with Crippen LogP contribution < -0.4 is 4.90 Å². The topological polar surface area (TPSA) is 23.6 Å². The second-order valence-electron chi connectivity index (χ2n) is 8.34. The van der Waals surface area contributed by atoms with Crippen molar-refractivity contribution in [1.82, 2.24) is 4.90 Å². The van der Waals surface area contributed by atoms with Gasteiger partial charge in [-0.1, -0.05) is 29.8 Å². The molecule has 4 rings (SSSR count). The maximum absolute atomic E-state index is 14.4. The molecule has 1 fully saturated rings. The van der Waals surface area contributed by atoms with E-state index in [-0.39, 0.29) is 11.0 Å². The number of carbonyl (C=O) groups is 1. The van der Waals surface area contributed by atoms with Gasteiger partial charge in [-0.25, -0.2) is 8.78 Å². The molecule has 2 aliphatic heterocycles. The Labute approximate surface area is 170 Å². The number of carbonyl (C=O) groups excluding carboxylic acids is 1. The number of likely N-dealkylation sites (tertiary alicyclic amines) is 1. The number of hydrogen-bond donors (Lipinski definition) is 0. The summed E-state index contributed by atoms with van der Waals surface area (Å²) in [6, 6.07) is 8.00. The van der Waals surface area contributed by atoms with Crippen molar-refractivity contribution in [2.75, 3.05) is 31.1 Å². The third-order valence-corrected chi connectivity index (χ3v) is 6.37. The summed E-state index contributed by atoms with van der Waals surface area (Å²) >= 11 is 0. The molecule has 29 heavy (non-hydrogen) atoms. The third kappa shape index (κ3) is 3.27. The van der Waals surface area contributed by atoms with E-state index in [2.05, 4.69) is 24.5 Å². The van der Waals surface area contributed by atoms with Crippen molar-refractivity contribution in [1.29, 1.82) is 0 Å². The van der Waals surface area contributed by atoms with E-state index in [0.29, 0.717) is 6.54 Å². The average Bonchev–Trinajstić information content (AvgIpc) is 3.00. The maximum Gasteiger partial charge on any atom is 0.261 e. The van der Waals surface area contributed by atoms with Crippen LogP contribution in [0.15, 0.2) is 43.0 Å². The number of rotatable bonds is 3. The molecule has 0 radical (unpaired) electrons. The summed E-state index contributed by atoms with van der Waals surface area (Å²) in [5.74, 6) is -2.55. The molecule has 2 aliphatic rings. The van der Waals surface area contributed by atoms with Gasteiger partial charge in [0, 0.05) is 18.5 Å². The second-order valence-corrected chi connectivity index (χ2v) is 8.34. The number of hydrogen-bond acceptors (Lipinski definition) is 2. The van der Waals surface area contributed by atoms with Gasteiger partial charge in [-0.05, 0) is 63.0 Å². The minimum atomic E-state index is -1.08. The molecule has 2 aromatic rings. The van der Waals surface area contributed by atoms with Gasteiger partial charge in [0.2, 0.25) is 0 Å². The van der Waals surface area contributed by atoms with Crippen LogP contribution in [-0.2, 0) is 5.41 Å². The lowest BCUT2D eigenvalue weighted by atomic mass is 9.73. The summed E-state index contributed by atoms with van der Waals surface area (Å²) in [5.41, 5.74) is 3.82. The Balaban J connectivity index is 1.76. The Kier molecular flexibility index (Phi) is 5.03. The highest BCUT2D eigenvalue weighted by Crippen LogP contribution is 2.49. The summed E-state index contributed by atoms with van der Waals surface area (Å²) in [4.78, 5) is 17.3. The van der Waals surface area contributed by atoms with Crippen molar-refractivity contribution in [3.8, 4) is 0 Å². The van der Waals surface area contributed by atoms with Crippen LogP contribution in [-0.4, -0.2) is 37.0 Å². The van der Waals surface area contributed by atoms with Crippen LogP contribution in [0.3, 0.4) is 0 Å². The van der Waals surface area contributed by atoms with E-state index in [1.807, 2.05) is 19.1 Å². The van der Waals surface area contributed by atoms with Crippen LogP contribution >= 0.6 is 0 Å². The van der Waals surface area contributed by atoms with E-state index in [1.165, 1.54) is 17.7 Å². The number of benzene rings is 2. The molecular formula is C24H26F2N2O. The van der Waals surface area contributed by atoms with Crippen LogP contribution in [0.25, 0.3) is 0 Å². The van der Waals surface area contributed by atoms with Crippen molar-refractivity contribution in [3.05, 3.63) is 76.9 Å². The highest BCUT2D eigenvalue weighted by atomic mass is 19.2. The number of aryl methyl sites for hydroxylation is 2. The molecule has 1 saturated heterocycles. The minimum Gasteiger partial charge on any atom is -0.307 e. The summed E-state index contributed by atoms with van der Waals surface area (Å²) in [7, 11) is 0. The van der Waals surface area contributed by atoms with E-state index in [1.54, 1.807) is 4.90 Å². The zero-order valence-corrected chi connectivity index (χ0v) is 17.0. The molecule has 2 aromatic carbocycles. The van der Waals surface area contributed by atoms with Gasteiger partial charge in [-0.2, -0.15) is 0 Å². The lowest BCUT2D eigenvalue weighted by Crippen LogP contribution is -2.46. The Hall–Kier alpha value is -2.53. The zero-order valence-electron chi connectivity index (χ0n) is 17.0. The number of anilines is 1. The molecule has 0 saturated carbocycles. The fraction of sp³-hybridized carbons (Fsp3) is 0.375. The van der Waals surface area contributed by atoms with E-state index in [0.717, 1.165) is 55.4 Å². The Morgan fingerprint density at radius 3 is 2.62 bits per heavy atom. The monoisotopic (exact) mass is 396 g/mol. The van der Waals surface area contributed by atoms with Crippen molar-refractivity contribution >= 4 is 11.6 Å². The molecule has 152 valence electrons. The Morgan fingerprint density at radius 1 is 1.21 bits per heavy atom. The molecule has 2 heterocycles. The first kappa shape index (κ1) is 19.8. The molecule has 1 amide bonds. The highest BCUT2D eigenvalue weighted by Gasteiger charge is 2.47. The van der Waals surface area contributed by atoms with Crippen molar-refractivity contribution in [3.63, 3.8) is 0 Å². The van der Waals surface area contributed by atoms with Gasteiger partial charge in [0.25, 0.3) is 5.91 Å². The number of nitrogens with zero attached hydrogens (tertiary/aromatic N) is 2.